The van der Waals surface area contributed by atoms with Crippen molar-refractivity contribution in [3.63, 3.8) is 0 Å². The first-order valence-electron chi connectivity index (χ1n) is 5.46. The molecule has 0 saturated carbocycles. The molecular formula is C14H15NOS. The molecule has 0 aliphatic rings. The number of hydrogen-bond donors (Lipinski definition) is 2. The first-order valence-corrected chi connectivity index (χ1v) is 6.28. The molecule has 3 heteroatoms. The molecule has 0 unspecified atom stereocenters. The van der Waals surface area contributed by atoms with Gasteiger partial charge in [0.15, 0.2) is 0 Å². The molecular weight excluding hydrogens is 230 g/mol. The van der Waals surface area contributed by atoms with Crippen molar-refractivity contribution in [3.05, 3.63) is 53.6 Å². The van der Waals surface area contributed by atoms with Gasteiger partial charge >= 0.3 is 0 Å². The number of nitrogens with two attached hydrogens (primary N) is 1. The summed E-state index contributed by atoms with van der Waals surface area (Å²) in [5.41, 5.74) is 7.84. The number of phenolic OH excluding ortho intramolecular Hbond substituents is 1. The molecule has 17 heavy (non-hydrogen) atoms. The molecule has 0 amide bonds. The van der Waals surface area contributed by atoms with E-state index in [1.54, 1.807) is 17.8 Å². The normalized spacial score (nSPS) is 10.5. The highest BCUT2D eigenvalue weighted by molar-refractivity contribution is 7.99. The SMILES string of the molecule is Cc1ccc(Sc2ccccc2CN)c(O)c1. The maximum absolute atomic E-state index is 9.86. The number of rotatable bonds is 3. The van der Waals surface area contributed by atoms with Gasteiger partial charge in [0.05, 0.1) is 4.90 Å². The van der Waals surface area contributed by atoms with Crippen molar-refractivity contribution in [1.29, 1.82) is 0 Å². The molecule has 0 aromatic heterocycles. The minimum absolute atomic E-state index is 0.321. The molecule has 2 rings (SSSR count). The summed E-state index contributed by atoms with van der Waals surface area (Å²) in [5.74, 6) is 0.321. The van der Waals surface area contributed by atoms with E-state index < -0.39 is 0 Å². The van der Waals surface area contributed by atoms with Crippen LogP contribution in [0.2, 0.25) is 0 Å². The van der Waals surface area contributed by atoms with Crippen molar-refractivity contribution >= 4 is 11.8 Å². The van der Waals surface area contributed by atoms with Crippen molar-refractivity contribution in [3.8, 4) is 5.75 Å². The van der Waals surface area contributed by atoms with Crippen LogP contribution in [0, 0.1) is 6.92 Å². The van der Waals surface area contributed by atoms with Crippen LogP contribution in [0.5, 0.6) is 5.75 Å². The Balaban J connectivity index is 2.31. The van der Waals surface area contributed by atoms with Crippen LogP contribution in [0.15, 0.2) is 52.3 Å². The Morgan fingerprint density at radius 3 is 2.59 bits per heavy atom. The van der Waals surface area contributed by atoms with Gasteiger partial charge < -0.3 is 10.8 Å². The second kappa shape index (κ2) is 5.25. The number of hydrogen-bond acceptors (Lipinski definition) is 3. The molecule has 0 aliphatic heterocycles. The van der Waals surface area contributed by atoms with Crippen molar-refractivity contribution < 1.29 is 5.11 Å². The second-order valence-corrected chi connectivity index (χ2v) is 4.97. The maximum atomic E-state index is 9.86. The molecule has 0 radical (unpaired) electrons. The highest BCUT2D eigenvalue weighted by Crippen LogP contribution is 2.36. The van der Waals surface area contributed by atoms with Gasteiger partial charge in [-0.15, -0.1) is 0 Å². The van der Waals surface area contributed by atoms with Crippen molar-refractivity contribution in [2.24, 2.45) is 5.73 Å². The molecule has 0 aliphatic carbocycles. The van der Waals surface area contributed by atoms with E-state index in [0.29, 0.717) is 12.3 Å². The molecule has 0 atom stereocenters. The lowest BCUT2D eigenvalue weighted by Gasteiger charge is -2.08. The van der Waals surface area contributed by atoms with Crippen LogP contribution in [0.4, 0.5) is 0 Å². The Bertz CT molecular complexity index is 525. The lowest BCUT2D eigenvalue weighted by atomic mass is 10.2. The average Bonchev–Trinajstić information content (AvgIpc) is 2.33. The number of aryl methyl sites for hydroxylation is 1. The molecule has 2 nitrogen and oxygen atoms in total. The largest absolute Gasteiger partial charge is 0.507 e. The van der Waals surface area contributed by atoms with Crippen LogP contribution in [0.3, 0.4) is 0 Å². The molecule has 0 fully saturated rings. The molecule has 3 N–H and O–H groups in total. The standard InChI is InChI=1S/C14H15NOS/c1-10-6-7-14(12(16)8-10)17-13-5-3-2-4-11(13)9-15/h2-8,16H,9,15H2,1H3. The fourth-order valence-electron chi connectivity index (χ4n) is 1.60. The summed E-state index contributed by atoms with van der Waals surface area (Å²) in [5, 5.41) is 9.86. The highest BCUT2D eigenvalue weighted by atomic mass is 32.2. The van der Waals surface area contributed by atoms with Gasteiger partial charge in [0.2, 0.25) is 0 Å². The lowest BCUT2D eigenvalue weighted by molar-refractivity contribution is 0.462. The van der Waals surface area contributed by atoms with Crippen LogP contribution in [-0.4, -0.2) is 5.11 Å². The predicted molar refractivity (Wildman–Crippen MR) is 71.3 cm³/mol. The van der Waals surface area contributed by atoms with Gasteiger partial charge in [-0.05, 0) is 36.2 Å². The Labute approximate surface area is 105 Å². The van der Waals surface area contributed by atoms with Crippen LogP contribution >= 0.6 is 11.8 Å². The smallest absolute Gasteiger partial charge is 0.129 e. The van der Waals surface area contributed by atoms with E-state index in [2.05, 4.69) is 0 Å². The van der Waals surface area contributed by atoms with Gasteiger partial charge in [-0.2, -0.15) is 0 Å². The third kappa shape index (κ3) is 2.81. The summed E-state index contributed by atoms with van der Waals surface area (Å²) < 4.78 is 0. The number of aromatic hydroxyl groups is 1. The molecule has 0 spiro atoms. The Hall–Kier alpha value is -1.45. The molecule has 2 aromatic carbocycles. The molecule has 0 heterocycles. The zero-order chi connectivity index (χ0) is 12.3. The molecule has 0 bridgehead atoms. The first kappa shape index (κ1) is 12.0. The van der Waals surface area contributed by atoms with E-state index >= 15 is 0 Å². The molecule has 0 saturated heterocycles. The van der Waals surface area contributed by atoms with E-state index in [1.807, 2.05) is 43.3 Å². The maximum Gasteiger partial charge on any atom is 0.129 e. The van der Waals surface area contributed by atoms with Crippen molar-refractivity contribution in [1.82, 2.24) is 0 Å². The van der Waals surface area contributed by atoms with Gasteiger partial charge in [-0.3, -0.25) is 0 Å². The van der Waals surface area contributed by atoms with Gasteiger partial charge in [0.25, 0.3) is 0 Å². The zero-order valence-corrected chi connectivity index (χ0v) is 10.5. The quantitative estimate of drug-likeness (QED) is 0.872. The van der Waals surface area contributed by atoms with E-state index in [0.717, 1.165) is 20.9 Å². The van der Waals surface area contributed by atoms with E-state index in [9.17, 15) is 5.11 Å². The van der Waals surface area contributed by atoms with Gasteiger partial charge in [0, 0.05) is 11.4 Å². The fourth-order valence-corrected chi connectivity index (χ4v) is 2.57. The van der Waals surface area contributed by atoms with Crippen LogP contribution in [-0.2, 0) is 6.54 Å². The minimum atomic E-state index is 0.321. The fraction of sp³-hybridized carbons (Fsp3) is 0.143. The monoisotopic (exact) mass is 245 g/mol. The van der Waals surface area contributed by atoms with Gasteiger partial charge in [-0.25, -0.2) is 0 Å². The van der Waals surface area contributed by atoms with Crippen LogP contribution < -0.4 is 5.73 Å². The minimum Gasteiger partial charge on any atom is -0.507 e. The van der Waals surface area contributed by atoms with E-state index in [1.165, 1.54) is 0 Å². The summed E-state index contributed by atoms with van der Waals surface area (Å²) in [6, 6.07) is 13.7. The second-order valence-electron chi connectivity index (χ2n) is 3.89. The number of phenols is 1. The predicted octanol–water partition coefficient (Wildman–Crippen LogP) is 3.31. The summed E-state index contributed by atoms with van der Waals surface area (Å²) in [6.07, 6.45) is 0. The Morgan fingerprint density at radius 2 is 1.88 bits per heavy atom. The van der Waals surface area contributed by atoms with E-state index in [4.69, 9.17) is 5.73 Å². The van der Waals surface area contributed by atoms with Crippen LogP contribution in [0.1, 0.15) is 11.1 Å². The average molecular weight is 245 g/mol. The zero-order valence-electron chi connectivity index (χ0n) is 9.68. The summed E-state index contributed by atoms with van der Waals surface area (Å²) in [7, 11) is 0. The Kier molecular flexibility index (Phi) is 3.71. The van der Waals surface area contributed by atoms with E-state index in [-0.39, 0.29) is 0 Å². The Morgan fingerprint density at radius 1 is 1.12 bits per heavy atom. The molecule has 88 valence electrons. The van der Waals surface area contributed by atoms with Gasteiger partial charge in [-0.1, -0.05) is 36.0 Å². The number of benzene rings is 2. The topological polar surface area (TPSA) is 46.2 Å². The summed E-state index contributed by atoms with van der Waals surface area (Å²) in [4.78, 5) is 1.95. The third-order valence-corrected chi connectivity index (χ3v) is 3.71. The van der Waals surface area contributed by atoms with Gasteiger partial charge in [0.1, 0.15) is 5.75 Å². The van der Waals surface area contributed by atoms with Crippen molar-refractivity contribution in [2.45, 2.75) is 23.3 Å². The van der Waals surface area contributed by atoms with Crippen LogP contribution in [0.25, 0.3) is 0 Å². The lowest BCUT2D eigenvalue weighted by Crippen LogP contribution is -1.97. The molecule has 2 aromatic rings. The summed E-state index contributed by atoms with van der Waals surface area (Å²) in [6.45, 7) is 2.47. The van der Waals surface area contributed by atoms with Crippen molar-refractivity contribution in [2.75, 3.05) is 0 Å². The highest BCUT2D eigenvalue weighted by Gasteiger charge is 2.06. The third-order valence-electron chi connectivity index (χ3n) is 2.53. The summed E-state index contributed by atoms with van der Waals surface area (Å²) >= 11 is 1.54. The first-order chi connectivity index (χ1) is 8.20.